The zero-order valence-corrected chi connectivity index (χ0v) is 12.0. The van der Waals surface area contributed by atoms with Crippen molar-refractivity contribution < 1.29 is 0 Å². The minimum Gasteiger partial charge on any atom is -0.254 e. The van der Waals surface area contributed by atoms with Crippen LogP contribution in [-0.2, 0) is 12.8 Å². The molecule has 0 N–H and O–H groups in total. The second kappa shape index (κ2) is 4.02. The Bertz CT molecular complexity index is 818. The number of aromatic nitrogens is 2. The van der Waals surface area contributed by atoms with Crippen molar-refractivity contribution in [3.63, 3.8) is 0 Å². The summed E-state index contributed by atoms with van der Waals surface area (Å²) in [5.41, 5.74) is 5.14. The van der Waals surface area contributed by atoms with Gasteiger partial charge in [0.05, 0.1) is 11.0 Å². The predicted molar refractivity (Wildman–Crippen MR) is 82.9 cm³/mol. The van der Waals surface area contributed by atoms with E-state index < -0.39 is 0 Å². The highest BCUT2D eigenvalue weighted by Crippen LogP contribution is 2.35. The van der Waals surface area contributed by atoms with Crippen LogP contribution in [0.25, 0.3) is 21.8 Å². The molecule has 0 bridgehead atoms. The third-order valence-electron chi connectivity index (χ3n) is 4.44. The highest BCUT2D eigenvalue weighted by atomic mass is 14.8. The second-order valence-electron chi connectivity index (χ2n) is 6.65. The molecule has 4 rings (SSSR count). The number of hydrogen-bond donors (Lipinski definition) is 0. The zero-order chi connectivity index (χ0) is 13.7. The molecular weight excluding hydrogens is 244 g/mol. The summed E-state index contributed by atoms with van der Waals surface area (Å²) in [5.74, 6) is 0. The van der Waals surface area contributed by atoms with Gasteiger partial charge in [0, 0.05) is 22.7 Å². The van der Waals surface area contributed by atoms with Gasteiger partial charge in [0.15, 0.2) is 0 Å². The maximum Gasteiger partial charge on any atom is 0.0968 e. The molecule has 0 amide bonds. The lowest BCUT2D eigenvalue weighted by Crippen LogP contribution is -2.23. The van der Waals surface area contributed by atoms with Gasteiger partial charge in [-0.15, -0.1) is 0 Å². The average Bonchev–Trinajstić information content (AvgIpc) is 2.44. The van der Waals surface area contributed by atoms with E-state index in [0.29, 0.717) is 5.41 Å². The summed E-state index contributed by atoms with van der Waals surface area (Å²) in [6, 6.07) is 10.7. The predicted octanol–water partition coefficient (Wildman–Crippen LogP) is 4.30. The molecule has 2 heteroatoms. The molecule has 1 aliphatic carbocycles. The van der Waals surface area contributed by atoms with E-state index >= 15 is 0 Å². The number of aryl methyl sites for hydroxylation is 1. The normalized spacial score (nSPS) is 17.3. The molecule has 2 aromatic heterocycles. The van der Waals surface area contributed by atoms with Gasteiger partial charge in [-0.3, -0.25) is 9.97 Å². The van der Waals surface area contributed by atoms with Crippen molar-refractivity contribution in [3.8, 4) is 0 Å². The lowest BCUT2D eigenvalue weighted by Gasteiger charge is -2.30. The van der Waals surface area contributed by atoms with Crippen molar-refractivity contribution in [2.45, 2.75) is 33.1 Å². The van der Waals surface area contributed by atoms with E-state index in [0.717, 1.165) is 23.9 Å². The fourth-order valence-electron chi connectivity index (χ4n) is 3.24. The molecule has 0 atom stereocenters. The molecule has 0 saturated heterocycles. The van der Waals surface area contributed by atoms with Crippen LogP contribution in [0.15, 0.2) is 36.5 Å². The van der Waals surface area contributed by atoms with Crippen LogP contribution >= 0.6 is 0 Å². The summed E-state index contributed by atoms with van der Waals surface area (Å²) in [6.45, 7) is 4.67. The number of pyridine rings is 2. The Kier molecular flexibility index (Phi) is 2.38. The fraction of sp³-hybridized carbons (Fsp3) is 0.333. The summed E-state index contributed by atoms with van der Waals surface area (Å²) in [4.78, 5) is 9.51. The summed E-state index contributed by atoms with van der Waals surface area (Å²) in [6.07, 6.45) is 5.32. The van der Waals surface area contributed by atoms with Gasteiger partial charge in [-0.2, -0.15) is 0 Å². The van der Waals surface area contributed by atoms with Crippen molar-refractivity contribution >= 4 is 21.8 Å². The molecule has 2 nitrogen and oxygen atoms in total. The first kappa shape index (κ1) is 11.8. The highest BCUT2D eigenvalue weighted by molar-refractivity contribution is 6.02. The van der Waals surface area contributed by atoms with E-state index in [4.69, 9.17) is 4.98 Å². The highest BCUT2D eigenvalue weighted by Gasteiger charge is 2.26. The van der Waals surface area contributed by atoms with E-state index in [1.807, 2.05) is 12.3 Å². The molecule has 100 valence electrons. The maximum atomic E-state index is 4.98. The lowest BCUT2D eigenvalue weighted by molar-refractivity contribution is 0.311. The van der Waals surface area contributed by atoms with Crippen molar-refractivity contribution in [3.05, 3.63) is 47.8 Å². The largest absolute Gasteiger partial charge is 0.254 e. The first-order chi connectivity index (χ1) is 9.62. The molecule has 1 aromatic carbocycles. The van der Waals surface area contributed by atoms with Crippen molar-refractivity contribution in [2.24, 2.45) is 5.41 Å². The van der Waals surface area contributed by atoms with Crippen molar-refractivity contribution in [2.75, 3.05) is 0 Å². The second-order valence-corrected chi connectivity index (χ2v) is 6.65. The van der Waals surface area contributed by atoms with Gasteiger partial charge in [0.25, 0.3) is 0 Å². The maximum absolute atomic E-state index is 4.98. The van der Waals surface area contributed by atoms with Gasteiger partial charge >= 0.3 is 0 Å². The smallest absolute Gasteiger partial charge is 0.0968 e. The van der Waals surface area contributed by atoms with Crippen LogP contribution < -0.4 is 0 Å². The van der Waals surface area contributed by atoms with E-state index in [-0.39, 0.29) is 0 Å². The molecule has 0 saturated carbocycles. The van der Waals surface area contributed by atoms with Crippen LogP contribution in [0.3, 0.4) is 0 Å². The van der Waals surface area contributed by atoms with Crippen LogP contribution in [-0.4, -0.2) is 9.97 Å². The van der Waals surface area contributed by atoms with Gasteiger partial charge in [-0.05, 0) is 42.4 Å². The van der Waals surface area contributed by atoms with Gasteiger partial charge in [0.2, 0.25) is 0 Å². The molecule has 0 aliphatic heterocycles. The van der Waals surface area contributed by atoms with E-state index in [9.17, 15) is 0 Å². The SMILES string of the molecule is CC1(C)CCc2cc3ccc4cccnc4c3nc2C1. The fourth-order valence-corrected chi connectivity index (χ4v) is 3.24. The molecule has 2 heterocycles. The Morgan fingerprint density at radius 1 is 1.05 bits per heavy atom. The first-order valence-electron chi connectivity index (χ1n) is 7.29. The average molecular weight is 262 g/mol. The van der Waals surface area contributed by atoms with Crippen molar-refractivity contribution in [1.29, 1.82) is 0 Å². The molecule has 0 radical (unpaired) electrons. The molecule has 0 unspecified atom stereocenters. The zero-order valence-electron chi connectivity index (χ0n) is 12.0. The summed E-state index contributed by atoms with van der Waals surface area (Å²) >= 11 is 0. The van der Waals surface area contributed by atoms with Crippen LogP contribution in [0, 0.1) is 5.41 Å². The molecule has 0 fully saturated rings. The van der Waals surface area contributed by atoms with E-state index in [2.05, 4.69) is 43.1 Å². The summed E-state index contributed by atoms with van der Waals surface area (Å²) in [7, 11) is 0. The molecule has 0 spiro atoms. The van der Waals surface area contributed by atoms with Crippen LogP contribution in [0.4, 0.5) is 0 Å². The number of rotatable bonds is 0. The Labute approximate surface area is 118 Å². The van der Waals surface area contributed by atoms with Crippen molar-refractivity contribution in [1.82, 2.24) is 9.97 Å². The molecule has 1 aliphatic rings. The standard InChI is InChI=1S/C18H18N2/c1-18(2)8-7-13-10-14-6-5-12-4-3-9-19-16(12)17(14)20-15(13)11-18/h3-6,9-10H,7-8,11H2,1-2H3. The molecule has 20 heavy (non-hydrogen) atoms. The number of nitrogens with zero attached hydrogens (tertiary/aromatic N) is 2. The number of fused-ring (bicyclic) bond motifs is 4. The summed E-state index contributed by atoms with van der Waals surface area (Å²) in [5, 5.41) is 2.39. The third-order valence-corrected chi connectivity index (χ3v) is 4.44. The number of hydrogen-bond acceptors (Lipinski definition) is 2. The Hall–Kier alpha value is -1.96. The Morgan fingerprint density at radius 2 is 1.90 bits per heavy atom. The molecule has 3 aromatic rings. The minimum absolute atomic E-state index is 0.367. The third kappa shape index (κ3) is 1.79. The number of benzene rings is 1. The van der Waals surface area contributed by atoms with Gasteiger partial charge in [0.1, 0.15) is 0 Å². The quantitative estimate of drug-likeness (QED) is 0.564. The first-order valence-corrected chi connectivity index (χ1v) is 7.29. The van der Waals surface area contributed by atoms with Gasteiger partial charge in [-0.1, -0.05) is 32.0 Å². The van der Waals surface area contributed by atoms with E-state index in [1.54, 1.807) is 0 Å². The monoisotopic (exact) mass is 262 g/mol. The van der Waals surface area contributed by atoms with Crippen LogP contribution in [0.2, 0.25) is 0 Å². The lowest BCUT2D eigenvalue weighted by atomic mass is 9.76. The minimum atomic E-state index is 0.367. The molecular formula is C18H18N2. The topological polar surface area (TPSA) is 25.8 Å². The Morgan fingerprint density at radius 3 is 2.80 bits per heavy atom. The van der Waals surface area contributed by atoms with Gasteiger partial charge in [-0.25, -0.2) is 0 Å². The van der Waals surface area contributed by atoms with Crippen LogP contribution in [0.5, 0.6) is 0 Å². The van der Waals surface area contributed by atoms with E-state index in [1.165, 1.54) is 28.5 Å². The van der Waals surface area contributed by atoms with Gasteiger partial charge < -0.3 is 0 Å². The summed E-state index contributed by atoms with van der Waals surface area (Å²) < 4.78 is 0. The Balaban J connectivity index is 2.03. The van der Waals surface area contributed by atoms with Crippen LogP contribution in [0.1, 0.15) is 31.5 Å².